The van der Waals surface area contributed by atoms with Crippen molar-refractivity contribution in [1.29, 1.82) is 0 Å². The smallest absolute Gasteiger partial charge is 0.383 e. The minimum Gasteiger partial charge on any atom is -0.383 e. The minimum atomic E-state index is -2.48. The number of hydrogen-bond acceptors (Lipinski definition) is 14. The van der Waals surface area contributed by atoms with Crippen LogP contribution in [0.15, 0.2) is 85.1 Å². The Kier molecular flexibility index (Phi) is 24.4. The van der Waals surface area contributed by atoms with Gasteiger partial charge < -0.3 is 49.0 Å². The molecule has 0 spiro atoms. The van der Waals surface area contributed by atoms with Crippen molar-refractivity contribution in [2.45, 2.75) is 218 Å². The van der Waals surface area contributed by atoms with E-state index in [1.807, 2.05) is 65.9 Å². The Morgan fingerprint density at radius 3 is 2.02 bits per heavy atom. The monoisotopic (exact) mass is 1150 g/mol. The van der Waals surface area contributed by atoms with Gasteiger partial charge >= 0.3 is 235 Å². The van der Waals surface area contributed by atoms with E-state index in [0.717, 1.165) is 37.3 Å². The summed E-state index contributed by atoms with van der Waals surface area (Å²) in [5.74, 6) is -3.50. The van der Waals surface area contributed by atoms with E-state index in [-0.39, 0.29) is 69.4 Å². The van der Waals surface area contributed by atoms with Crippen LogP contribution >= 0.6 is 7.26 Å². The van der Waals surface area contributed by atoms with E-state index in [4.69, 9.17) is 28.7 Å². The number of nitrogens with zero attached hydrogens (tertiary/aromatic N) is 3. The average molecular weight is 1150 g/mol. The van der Waals surface area contributed by atoms with Crippen LogP contribution in [0.4, 0.5) is 0 Å². The zero-order chi connectivity index (χ0) is 59.5. The fourth-order valence-corrected chi connectivity index (χ4v) is 19.0. The summed E-state index contributed by atoms with van der Waals surface area (Å²) in [6.07, 6.45) is 3.03. The van der Waals surface area contributed by atoms with E-state index < -0.39 is 102 Å². The zero-order valence-electron chi connectivity index (χ0n) is 51.3. The molecule has 0 radical (unpaired) electrons. The van der Waals surface area contributed by atoms with Crippen molar-refractivity contribution < 1.29 is 58.8 Å². The summed E-state index contributed by atoms with van der Waals surface area (Å²) < 4.78 is 31.4. The van der Waals surface area contributed by atoms with Crippen LogP contribution in [0.5, 0.6) is 0 Å². The van der Waals surface area contributed by atoms with Gasteiger partial charge in [0, 0.05) is 19.6 Å². The van der Waals surface area contributed by atoms with Gasteiger partial charge in [-0.25, -0.2) is 0 Å². The maximum absolute atomic E-state index is 14.8. The molecule has 4 heterocycles. The summed E-state index contributed by atoms with van der Waals surface area (Å²) in [5.41, 5.74) is -3.13. The number of unbranched alkanes of at least 4 members (excludes halogenated alkanes) is 4. The van der Waals surface area contributed by atoms with Crippen LogP contribution in [0.1, 0.15) is 140 Å². The first-order valence-electron chi connectivity index (χ1n) is 30.4. The number of cyclic esters (lactones) is 1. The van der Waals surface area contributed by atoms with Crippen molar-refractivity contribution in [3.8, 4) is 0 Å². The Morgan fingerprint density at radius 2 is 1.43 bits per heavy atom. The standard InChI is InChI=1S/C65H104N3O12P/c1-14-56-65(10,75)60(71)47(6)68(58(69)33-24-16-15-17-27-35-81(50-28-20-18-21-29-50,51-30-22-19-23-31-51)57-32-25-26-34-66-57)40-43(2)38-63(8,74)53(37-55-59(70)54(67(11)12)36-44(3)78-55)45(4)52(46(5)62(73)80-56)42-77-41-49-39-64(9,76-13)61(72)48(7)79-49/h18-23,25-26,28-32,34,43-49,52-56,59-61,70-72,74-75,81H,14-17,24,27,33,35-42H2,1-13H3/t43-,44-,45+,46-,47-,48+,49-,52+,53-,54+,55+,56-,59-,60-,61+,63-,64-,65-/m1/s1. The molecule has 15 nitrogen and oxygen atoms in total. The molecule has 3 saturated heterocycles. The number of likely N-dealkylation sites (N-methyl/N-ethyl adjacent to an activating group) is 1. The zero-order valence-corrected chi connectivity index (χ0v) is 52.3. The van der Waals surface area contributed by atoms with E-state index in [0.29, 0.717) is 19.3 Å². The van der Waals surface area contributed by atoms with Crippen LogP contribution in [-0.4, -0.2) is 177 Å². The number of pyridine rings is 1. The topological polar surface area (TPSA) is 201 Å². The quantitative estimate of drug-likeness (QED) is 0.0432. The number of carbonyl (C=O) groups excluding carboxylic acids is 2. The number of amides is 1. The minimum absolute atomic E-state index is 0.0645. The fraction of sp³-hybridized carbons (Fsp3) is 0.708. The Balaban J connectivity index is 1.24. The average Bonchev–Trinajstić information content (AvgIpc) is 3.54. The van der Waals surface area contributed by atoms with Crippen molar-refractivity contribution in [1.82, 2.24) is 14.8 Å². The van der Waals surface area contributed by atoms with Crippen molar-refractivity contribution in [3.05, 3.63) is 85.1 Å². The molecule has 0 aliphatic carbocycles. The van der Waals surface area contributed by atoms with E-state index >= 15 is 0 Å². The molecule has 0 bridgehead atoms. The van der Waals surface area contributed by atoms with Gasteiger partial charge in [0.15, 0.2) is 0 Å². The van der Waals surface area contributed by atoms with Gasteiger partial charge in [-0.15, -0.1) is 0 Å². The van der Waals surface area contributed by atoms with Crippen LogP contribution < -0.4 is 16.0 Å². The van der Waals surface area contributed by atoms with E-state index in [2.05, 4.69) is 72.8 Å². The maximum atomic E-state index is 14.8. The molecule has 3 aromatic rings. The van der Waals surface area contributed by atoms with Gasteiger partial charge in [-0.2, -0.15) is 0 Å². The molecule has 2 aromatic carbocycles. The predicted octanol–water partition coefficient (Wildman–Crippen LogP) is 7.21. The van der Waals surface area contributed by atoms with Crippen LogP contribution in [0.2, 0.25) is 0 Å². The number of hydrogen-bond donors (Lipinski definition) is 5. The summed E-state index contributed by atoms with van der Waals surface area (Å²) in [5, 5.41) is 63.4. The number of aliphatic hydroxyl groups is 5. The second-order valence-electron chi connectivity index (χ2n) is 25.6. The molecule has 0 saturated carbocycles. The molecule has 1 aromatic heterocycles. The van der Waals surface area contributed by atoms with Crippen LogP contribution in [0.25, 0.3) is 0 Å². The van der Waals surface area contributed by atoms with Gasteiger partial charge in [0.25, 0.3) is 0 Å². The molecule has 81 heavy (non-hydrogen) atoms. The molecule has 0 unspecified atom stereocenters. The molecule has 16 heteroatoms. The summed E-state index contributed by atoms with van der Waals surface area (Å²) in [7, 11) is 2.98. The summed E-state index contributed by atoms with van der Waals surface area (Å²) in [6.45, 7) is 18.7. The number of methoxy groups -OCH3 is 1. The van der Waals surface area contributed by atoms with Gasteiger partial charge in [-0.05, 0) is 85.7 Å². The molecule has 1 amide bonds. The predicted molar refractivity (Wildman–Crippen MR) is 323 cm³/mol. The van der Waals surface area contributed by atoms with Gasteiger partial charge in [-0.1, -0.05) is 20.8 Å². The Hall–Kier alpha value is -3.44. The van der Waals surface area contributed by atoms with Crippen molar-refractivity contribution >= 4 is 35.2 Å². The van der Waals surface area contributed by atoms with Crippen molar-refractivity contribution in [3.63, 3.8) is 0 Å². The molecule has 3 aliphatic rings. The van der Waals surface area contributed by atoms with Gasteiger partial charge in [0.05, 0.1) is 60.9 Å². The van der Waals surface area contributed by atoms with Crippen LogP contribution in [0.3, 0.4) is 0 Å². The second kappa shape index (κ2) is 29.6. The van der Waals surface area contributed by atoms with E-state index in [1.165, 1.54) is 17.5 Å². The normalized spacial score (nSPS) is 36.1. The number of carbonyl (C=O) groups is 2. The van der Waals surface area contributed by atoms with E-state index in [1.54, 1.807) is 39.7 Å². The first-order chi connectivity index (χ1) is 38.3. The third-order valence-corrected chi connectivity index (χ3v) is 24.1. The molecule has 18 atom stereocenters. The number of benzene rings is 2. The van der Waals surface area contributed by atoms with Gasteiger partial charge in [0.1, 0.15) is 12.2 Å². The third-order valence-electron chi connectivity index (χ3n) is 19.2. The van der Waals surface area contributed by atoms with Crippen LogP contribution in [-0.2, 0) is 33.3 Å². The number of aromatic nitrogens is 1. The molecular formula is C65H104N3O12P. The third kappa shape index (κ3) is 16.1. The first-order valence-corrected chi connectivity index (χ1v) is 32.6. The van der Waals surface area contributed by atoms with Gasteiger partial charge in [0.2, 0.25) is 0 Å². The number of ether oxygens (including phenoxy) is 5. The van der Waals surface area contributed by atoms with E-state index in [9.17, 15) is 35.1 Å². The SMILES string of the molecule is CC[C@H]1OC(=O)[C@H](C)[C@@H](COC[C@H]2C[C@@](C)(OC)[C@@H](O)[C@H](C)O2)[C@H](C)[C@@H](C[C@@H]2O[C@H](C)C[C@H](N(C)C)[C@H]2O)[C@](C)(O)C[C@@H](C)CN(C(=O)CCCCCCC[PH](c2ccccc2)(c2ccccc2)c2ccccn2)[C@H](C)[C@@H](O)[C@]1(C)O. The summed E-state index contributed by atoms with van der Waals surface area (Å²) in [6, 6.07) is 26.8. The molecular weight excluding hydrogens is 1050 g/mol. The molecule has 5 N–H and O–H groups in total. The van der Waals surface area contributed by atoms with Gasteiger partial charge in [-0.3, -0.25) is 4.79 Å². The number of esters is 1. The Morgan fingerprint density at radius 1 is 0.815 bits per heavy atom. The Bertz CT molecular complexity index is 2270. The molecule has 6 rings (SSSR count). The van der Waals surface area contributed by atoms with Crippen LogP contribution in [0, 0.1) is 29.6 Å². The van der Waals surface area contributed by atoms with Crippen molar-refractivity contribution in [2.24, 2.45) is 29.6 Å². The van der Waals surface area contributed by atoms with Crippen molar-refractivity contribution in [2.75, 3.05) is 47.1 Å². The molecule has 3 aliphatic heterocycles. The summed E-state index contributed by atoms with van der Waals surface area (Å²) >= 11 is 0. The molecule has 456 valence electrons. The number of rotatable bonds is 20. The first kappa shape index (κ1) is 66.7. The fourth-order valence-electron chi connectivity index (χ4n) is 14.3. The Labute approximate surface area is 486 Å². The number of aliphatic hydroxyl groups excluding tert-OH is 3. The summed E-state index contributed by atoms with van der Waals surface area (Å²) in [4.78, 5) is 38.2. The molecule has 3 fully saturated rings. The second-order valence-corrected chi connectivity index (χ2v) is 29.6.